The predicted octanol–water partition coefficient (Wildman–Crippen LogP) is 2.07. The molecule has 110 valence electrons. The Hall–Kier alpha value is -1.37. The van der Waals surface area contributed by atoms with Crippen molar-refractivity contribution in [2.45, 2.75) is 31.5 Å². The van der Waals surface area contributed by atoms with Crippen molar-refractivity contribution in [2.75, 3.05) is 24.5 Å². The van der Waals surface area contributed by atoms with Crippen LogP contribution in [-0.2, 0) is 6.18 Å². The maximum Gasteiger partial charge on any atom is 0.433 e. The van der Waals surface area contributed by atoms with Gasteiger partial charge in [-0.2, -0.15) is 13.2 Å². The quantitative estimate of drug-likeness (QED) is 0.858. The minimum atomic E-state index is -4.41. The normalized spacial score (nSPS) is 27.2. The highest BCUT2D eigenvalue weighted by atomic mass is 19.4. The van der Waals surface area contributed by atoms with Crippen LogP contribution in [0.15, 0.2) is 12.3 Å². The minimum Gasteiger partial charge on any atom is -0.340 e. The number of alkyl halides is 3. The van der Waals surface area contributed by atoms with Crippen LogP contribution in [0.5, 0.6) is 0 Å². The zero-order chi connectivity index (χ0) is 14.2. The number of fused-ring (bicyclic) bond motifs is 1. The van der Waals surface area contributed by atoms with Crippen LogP contribution in [0.4, 0.5) is 19.1 Å². The number of nitrogens with one attached hydrogen (secondary N) is 1. The van der Waals surface area contributed by atoms with E-state index in [9.17, 15) is 13.2 Å². The monoisotopic (exact) mass is 286 g/mol. The first-order valence-electron chi connectivity index (χ1n) is 6.92. The van der Waals surface area contributed by atoms with Gasteiger partial charge in [-0.05, 0) is 37.8 Å². The third-order valence-corrected chi connectivity index (χ3v) is 4.11. The highest BCUT2D eigenvalue weighted by Gasteiger charge is 2.35. The first-order valence-corrected chi connectivity index (χ1v) is 6.92. The first-order chi connectivity index (χ1) is 9.54. The lowest BCUT2D eigenvalue weighted by molar-refractivity contribution is -0.141. The van der Waals surface area contributed by atoms with Crippen LogP contribution in [0.2, 0.25) is 0 Å². The van der Waals surface area contributed by atoms with Crippen molar-refractivity contribution in [3.05, 3.63) is 18.0 Å². The van der Waals surface area contributed by atoms with Crippen molar-refractivity contribution in [1.29, 1.82) is 0 Å². The van der Waals surface area contributed by atoms with Crippen LogP contribution in [-0.4, -0.2) is 35.6 Å². The van der Waals surface area contributed by atoms with E-state index in [0.717, 1.165) is 38.4 Å². The molecule has 2 fully saturated rings. The van der Waals surface area contributed by atoms with Crippen molar-refractivity contribution in [3.63, 3.8) is 0 Å². The maximum atomic E-state index is 12.7. The lowest BCUT2D eigenvalue weighted by Gasteiger charge is -2.41. The number of nitrogens with zero attached hydrogens (tertiary/aromatic N) is 3. The molecule has 0 radical (unpaired) electrons. The van der Waals surface area contributed by atoms with Crippen molar-refractivity contribution in [1.82, 2.24) is 15.3 Å². The van der Waals surface area contributed by atoms with Crippen LogP contribution in [0.3, 0.4) is 0 Å². The molecule has 0 aliphatic carbocycles. The fourth-order valence-corrected chi connectivity index (χ4v) is 3.09. The van der Waals surface area contributed by atoms with Crippen LogP contribution in [0.1, 0.15) is 25.0 Å². The standard InChI is InChI=1S/C13H17F3N4/c14-13(15,16)11-3-6-18-12(19-11)20-7-4-10-9(8-20)2-1-5-17-10/h3,6,9-10,17H,1-2,4-5,7-8H2. The Kier molecular flexibility index (Phi) is 3.54. The molecule has 7 heteroatoms. The molecule has 3 rings (SSSR count). The molecule has 2 saturated heterocycles. The molecule has 1 aromatic rings. The molecular weight excluding hydrogens is 269 g/mol. The van der Waals surface area contributed by atoms with Crippen LogP contribution >= 0.6 is 0 Å². The van der Waals surface area contributed by atoms with E-state index in [1.165, 1.54) is 6.20 Å². The second kappa shape index (κ2) is 5.20. The van der Waals surface area contributed by atoms with Crippen molar-refractivity contribution < 1.29 is 13.2 Å². The van der Waals surface area contributed by atoms with Gasteiger partial charge in [0.1, 0.15) is 5.69 Å². The van der Waals surface area contributed by atoms with E-state index in [1.54, 1.807) is 0 Å². The Balaban J connectivity index is 1.76. The number of rotatable bonds is 1. The first kappa shape index (κ1) is 13.6. The summed E-state index contributed by atoms with van der Waals surface area (Å²) in [4.78, 5) is 9.56. The van der Waals surface area contributed by atoms with E-state index in [4.69, 9.17) is 0 Å². The summed E-state index contributed by atoms with van der Waals surface area (Å²) < 4.78 is 38.1. The number of hydrogen-bond acceptors (Lipinski definition) is 4. The Labute approximate surface area is 115 Å². The average Bonchev–Trinajstić information content (AvgIpc) is 2.46. The highest BCUT2D eigenvalue weighted by Crippen LogP contribution is 2.30. The molecule has 2 atom stereocenters. The number of anilines is 1. The molecule has 0 bridgehead atoms. The highest BCUT2D eigenvalue weighted by molar-refractivity contribution is 5.32. The lowest BCUT2D eigenvalue weighted by Crippen LogP contribution is -2.52. The molecular formula is C13H17F3N4. The molecule has 2 aliphatic rings. The number of aromatic nitrogens is 2. The molecule has 0 spiro atoms. The van der Waals surface area contributed by atoms with E-state index in [0.29, 0.717) is 18.5 Å². The second-order valence-corrected chi connectivity index (χ2v) is 5.44. The van der Waals surface area contributed by atoms with Gasteiger partial charge in [0, 0.05) is 25.3 Å². The molecule has 20 heavy (non-hydrogen) atoms. The largest absolute Gasteiger partial charge is 0.433 e. The number of hydrogen-bond donors (Lipinski definition) is 1. The van der Waals surface area contributed by atoms with Gasteiger partial charge in [0.15, 0.2) is 0 Å². The van der Waals surface area contributed by atoms with E-state index < -0.39 is 11.9 Å². The van der Waals surface area contributed by atoms with Gasteiger partial charge in [0.05, 0.1) is 0 Å². The number of piperidine rings is 2. The summed E-state index contributed by atoms with van der Waals surface area (Å²) >= 11 is 0. The summed E-state index contributed by atoms with van der Waals surface area (Å²) in [5.74, 6) is 0.680. The Morgan fingerprint density at radius 2 is 2.15 bits per heavy atom. The maximum absolute atomic E-state index is 12.7. The minimum absolute atomic E-state index is 0.198. The zero-order valence-corrected chi connectivity index (χ0v) is 11.0. The van der Waals surface area contributed by atoms with Crippen molar-refractivity contribution in [2.24, 2.45) is 5.92 Å². The van der Waals surface area contributed by atoms with Gasteiger partial charge in [-0.25, -0.2) is 9.97 Å². The second-order valence-electron chi connectivity index (χ2n) is 5.44. The molecule has 0 amide bonds. The molecule has 2 unspecified atom stereocenters. The fraction of sp³-hybridized carbons (Fsp3) is 0.692. The summed E-state index contributed by atoms with van der Waals surface area (Å²) in [5, 5.41) is 3.48. The summed E-state index contributed by atoms with van der Waals surface area (Å²) in [7, 11) is 0. The van der Waals surface area contributed by atoms with E-state index in [2.05, 4.69) is 15.3 Å². The van der Waals surface area contributed by atoms with Crippen LogP contribution in [0, 0.1) is 5.92 Å². The molecule has 0 saturated carbocycles. The van der Waals surface area contributed by atoms with Gasteiger partial charge in [0.2, 0.25) is 5.95 Å². The Bertz CT molecular complexity index is 477. The van der Waals surface area contributed by atoms with E-state index >= 15 is 0 Å². The van der Waals surface area contributed by atoms with E-state index in [1.807, 2.05) is 4.90 Å². The lowest BCUT2D eigenvalue weighted by atomic mass is 9.85. The molecule has 3 heterocycles. The Morgan fingerprint density at radius 3 is 2.95 bits per heavy atom. The van der Waals surface area contributed by atoms with Gasteiger partial charge >= 0.3 is 6.18 Å². The number of halogens is 3. The summed E-state index contributed by atoms with van der Waals surface area (Å²) in [5.41, 5.74) is -0.869. The van der Waals surface area contributed by atoms with Gasteiger partial charge in [-0.1, -0.05) is 0 Å². The predicted molar refractivity (Wildman–Crippen MR) is 68.4 cm³/mol. The SMILES string of the molecule is FC(F)(F)c1ccnc(N2CCC3NCCCC3C2)n1. The van der Waals surface area contributed by atoms with Gasteiger partial charge in [-0.15, -0.1) is 0 Å². The smallest absolute Gasteiger partial charge is 0.340 e. The summed E-state index contributed by atoms with van der Waals surface area (Å²) in [6, 6.07) is 1.41. The topological polar surface area (TPSA) is 41.1 Å². The van der Waals surface area contributed by atoms with Gasteiger partial charge < -0.3 is 10.2 Å². The van der Waals surface area contributed by atoms with Gasteiger partial charge in [0.25, 0.3) is 0 Å². The molecule has 4 nitrogen and oxygen atoms in total. The molecule has 1 N–H and O–H groups in total. The average molecular weight is 286 g/mol. The van der Waals surface area contributed by atoms with Crippen molar-refractivity contribution >= 4 is 5.95 Å². The third kappa shape index (κ3) is 2.72. The molecule has 0 aromatic carbocycles. The van der Waals surface area contributed by atoms with Crippen LogP contribution < -0.4 is 10.2 Å². The van der Waals surface area contributed by atoms with Crippen molar-refractivity contribution in [3.8, 4) is 0 Å². The van der Waals surface area contributed by atoms with E-state index in [-0.39, 0.29) is 5.95 Å². The zero-order valence-electron chi connectivity index (χ0n) is 11.0. The Morgan fingerprint density at radius 1 is 1.30 bits per heavy atom. The summed E-state index contributed by atoms with van der Waals surface area (Å²) in [6.45, 7) is 2.48. The fourth-order valence-electron chi connectivity index (χ4n) is 3.09. The third-order valence-electron chi connectivity index (χ3n) is 4.11. The van der Waals surface area contributed by atoms with Gasteiger partial charge in [-0.3, -0.25) is 0 Å². The summed E-state index contributed by atoms with van der Waals surface area (Å²) in [6.07, 6.45) is -0.0470. The molecule has 2 aliphatic heterocycles. The van der Waals surface area contributed by atoms with Crippen LogP contribution in [0.25, 0.3) is 0 Å². The molecule has 1 aromatic heterocycles.